The number of allylic oxidation sites excluding steroid dienone is 8. The van der Waals surface area contributed by atoms with Gasteiger partial charge in [0, 0.05) is 38.9 Å². The van der Waals surface area contributed by atoms with Gasteiger partial charge in [-0.05, 0) is 131 Å². The maximum atomic E-state index is 2.50. The fraction of sp³-hybridized carbons (Fsp3) is 0.137. The molecule has 1 heterocycles. The molecule has 0 N–H and O–H groups in total. The summed E-state index contributed by atoms with van der Waals surface area (Å²) in [7, 11) is 0. The molecule has 256 valence electrons. The van der Waals surface area contributed by atoms with Crippen molar-refractivity contribution in [2.75, 3.05) is 4.90 Å². The molecule has 0 spiro atoms. The zero-order valence-electron chi connectivity index (χ0n) is 30.4. The van der Waals surface area contributed by atoms with Crippen molar-refractivity contribution in [2.45, 2.75) is 44.9 Å². The van der Waals surface area contributed by atoms with Crippen LogP contribution >= 0.6 is 0 Å². The molecule has 3 aliphatic rings. The van der Waals surface area contributed by atoms with Crippen molar-refractivity contribution in [2.24, 2.45) is 0 Å². The smallest absolute Gasteiger partial charge is 0.0541 e. The minimum atomic E-state index is -0.0608. The topological polar surface area (TPSA) is 8.17 Å². The van der Waals surface area contributed by atoms with E-state index in [2.05, 4.69) is 193 Å². The highest BCUT2D eigenvalue weighted by molar-refractivity contribution is 6.10. The van der Waals surface area contributed by atoms with E-state index in [0.29, 0.717) is 0 Å². The standard InChI is InChI=1S/C51H42N2/c1-51(2)47-19-11-9-17-43(47)44-31-30-42(34-48(44)51)52(40-26-21-36(22-27-40)35-13-5-3-6-14-35)41-28-23-37(24-29-41)38-25-32-50-46(33-38)45-18-10-12-20-49(45)53(50)39-15-7-4-8-16-39/h3-5,7-13,15-21,23-26,28-34H,6,14,22,27H2,1-2H3. The molecule has 3 aliphatic carbocycles. The fourth-order valence-corrected chi connectivity index (χ4v) is 9.07. The minimum absolute atomic E-state index is 0.0608. The maximum Gasteiger partial charge on any atom is 0.0541 e. The van der Waals surface area contributed by atoms with E-state index < -0.39 is 0 Å². The lowest BCUT2D eigenvalue weighted by Crippen LogP contribution is -2.20. The third-order valence-corrected chi connectivity index (χ3v) is 11.8. The SMILES string of the molecule is CC1(C)c2ccccc2-c2ccc(N(C3=CC=C(C4=CC=CCC4)CC3)c3ccc(-c4ccc5c(c4)c4ccccc4n5-c4ccccc4)cc3)cc21. The van der Waals surface area contributed by atoms with E-state index in [0.717, 1.165) is 25.7 Å². The molecule has 0 unspecified atom stereocenters. The van der Waals surface area contributed by atoms with E-state index in [1.165, 1.54) is 89.1 Å². The number of para-hydroxylation sites is 2. The van der Waals surface area contributed by atoms with Gasteiger partial charge >= 0.3 is 0 Å². The maximum absolute atomic E-state index is 2.50. The Morgan fingerprint density at radius 3 is 2.06 bits per heavy atom. The predicted molar refractivity (Wildman–Crippen MR) is 224 cm³/mol. The molecule has 0 radical (unpaired) electrons. The quantitative estimate of drug-likeness (QED) is 0.169. The Balaban J connectivity index is 1.06. The first-order valence-corrected chi connectivity index (χ1v) is 19.0. The van der Waals surface area contributed by atoms with Gasteiger partial charge in [0.15, 0.2) is 0 Å². The van der Waals surface area contributed by atoms with Gasteiger partial charge in [-0.3, -0.25) is 0 Å². The highest BCUT2D eigenvalue weighted by Gasteiger charge is 2.36. The average molecular weight is 683 g/mol. The van der Waals surface area contributed by atoms with Gasteiger partial charge in [-0.2, -0.15) is 0 Å². The van der Waals surface area contributed by atoms with Crippen LogP contribution in [-0.4, -0.2) is 4.57 Å². The molecule has 0 aliphatic heterocycles. The second kappa shape index (κ2) is 12.5. The Labute approximate surface area is 312 Å². The van der Waals surface area contributed by atoms with E-state index in [9.17, 15) is 0 Å². The van der Waals surface area contributed by atoms with Gasteiger partial charge in [0.05, 0.1) is 11.0 Å². The summed E-state index contributed by atoms with van der Waals surface area (Å²) in [6.45, 7) is 4.74. The molecular weight excluding hydrogens is 641 g/mol. The molecule has 0 atom stereocenters. The van der Waals surface area contributed by atoms with E-state index >= 15 is 0 Å². The van der Waals surface area contributed by atoms with Gasteiger partial charge in [-0.1, -0.05) is 123 Å². The first-order chi connectivity index (χ1) is 26.0. The van der Waals surface area contributed by atoms with Crippen LogP contribution < -0.4 is 4.90 Å². The van der Waals surface area contributed by atoms with Gasteiger partial charge in [-0.15, -0.1) is 0 Å². The summed E-state index contributed by atoms with van der Waals surface area (Å²) >= 11 is 0. The number of hydrogen-bond acceptors (Lipinski definition) is 1. The van der Waals surface area contributed by atoms with E-state index in [-0.39, 0.29) is 5.41 Å². The molecule has 2 heteroatoms. The Kier molecular flexibility index (Phi) is 7.47. The van der Waals surface area contributed by atoms with Crippen LogP contribution in [0.2, 0.25) is 0 Å². The number of aromatic nitrogens is 1. The van der Waals surface area contributed by atoms with Crippen molar-refractivity contribution in [1.82, 2.24) is 4.57 Å². The summed E-state index contributed by atoms with van der Waals surface area (Å²) in [5.41, 5.74) is 18.2. The number of fused-ring (bicyclic) bond motifs is 6. The molecule has 0 bridgehead atoms. The first kappa shape index (κ1) is 31.6. The summed E-state index contributed by atoms with van der Waals surface area (Å²) in [5.74, 6) is 0. The largest absolute Gasteiger partial charge is 0.314 e. The minimum Gasteiger partial charge on any atom is -0.314 e. The second-order valence-electron chi connectivity index (χ2n) is 15.2. The molecular formula is C51H42N2. The lowest BCUT2D eigenvalue weighted by Gasteiger charge is -2.32. The van der Waals surface area contributed by atoms with E-state index in [4.69, 9.17) is 0 Å². The molecule has 1 aromatic heterocycles. The zero-order valence-corrected chi connectivity index (χ0v) is 30.4. The Hall–Kier alpha value is -6.12. The highest BCUT2D eigenvalue weighted by atomic mass is 15.1. The van der Waals surface area contributed by atoms with E-state index in [1.54, 1.807) is 0 Å². The predicted octanol–water partition coefficient (Wildman–Crippen LogP) is 13.8. The first-order valence-electron chi connectivity index (χ1n) is 19.0. The Morgan fingerprint density at radius 1 is 0.528 bits per heavy atom. The molecule has 0 fully saturated rings. The molecule has 10 rings (SSSR count). The fourth-order valence-electron chi connectivity index (χ4n) is 9.07. The van der Waals surface area contributed by atoms with Crippen molar-refractivity contribution in [3.05, 3.63) is 198 Å². The third kappa shape index (κ3) is 5.24. The average Bonchev–Trinajstić information content (AvgIpc) is 3.67. The van der Waals surface area contributed by atoms with Crippen molar-refractivity contribution >= 4 is 33.2 Å². The lowest BCUT2D eigenvalue weighted by molar-refractivity contribution is 0.660. The number of hydrogen-bond donors (Lipinski definition) is 0. The summed E-state index contributed by atoms with van der Waals surface area (Å²) in [6, 6.07) is 51.7. The number of benzene rings is 6. The third-order valence-electron chi connectivity index (χ3n) is 11.8. The molecule has 7 aromatic rings. The van der Waals surface area contributed by atoms with Gasteiger partial charge in [0.25, 0.3) is 0 Å². The van der Waals surface area contributed by atoms with Gasteiger partial charge in [0.1, 0.15) is 0 Å². The van der Waals surface area contributed by atoms with Crippen molar-refractivity contribution in [3.8, 4) is 27.9 Å². The van der Waals surface area contributed by atoms with Gasteiger partial charge < -0.3 is 9.47 Å². The molecule has 2 nitrogen and oxygen atoms in total. The zero-order chi connectivity index (χ0) is 35.5. The van der Waals surface area contributed by atoms with Crippen LogP contribution in [0.4, 0.5) is 11.4 Å². The van der Waals surface area contributed by atoms with E-state index in [1.807, 2.05) is 0 Å². The number of anilines is 2. The second-order valence-corrected chi connectivity index (χ2v) is 15.2. The highest BCUT2D eigenvalue weighted by Crippen LogP contribution is 2.50. The lowest BCUT2D eigenvalue weighted by atomic mass is 9.82. The molecule has 6 aromatic carbocycles. The summed E-state index contributed by atoms with van der Waals surface area (Å²) in [6.07, 6.45) is 15.9. The van der Waals surface area contributed by atoms with Crippen LogP contribution in [0.1, 0.15) is 50.7 Å². The number of nitrogens with zero attached hydrogens (tertiary/aromatic N) is 2. The van der Waals surface area contributed by atoms with Crippen molar-refractivity contribution in [3.63, 3.8) is 0 Å². The normalized spacial score (nSPS) is 15.8. The Morgan fingerprint density at radius 2 is 1.25 bits per heavy atom. The molecule has 0 amide bonds. The number of rotatable bonds is 6. The van der Waals surface area contributed by atoms with Crippen molar-refractivity contribution in [1.29, 1.82) is 0 Å². The molecule has 0 saturated carbocycles. The van der Waals surface area contributed by atoms with Gasteiger partial charge in [-0.25, -0.2) is 0 Å². The van der Waals surface area contributed by atoms with Crippen LogP contribution in [-0.2, 0) is 5.41 Å². The van der Waals surface area contributed by atoms with Crippen LogP contribution in [0.25, 0.3) is 49.7 Å². The Bertz CT molecular complexity index is 2680. The van der Waals surface area contributed by atoms with Gasteiger partial charge in [0.2, 0.25) is 0 Å². The van der Waals surface area contributed by atoms with Crippen LogP contribution in [0.15, 0.2) is 187 Å². The van der Waals surface area contributed by atoms with Crippen LogP contribution in [0.3, 0.4) is 0 Å². The van der Waals surface area contributed by atoms with Crippen LogP contribution in [0.5, 0.6) is 0 Å². The summed E-state index contributed by atoms with van der Waals surface area (Å²) in [4.78, 5) is 2.50. The molecule has 53 heavy (non-hydrogen) atoms. The van der Waals surface area contributed by atoms with Crippen molar-refractivity contribution < 1.29 is 0 Å². The monoisotopic (exact) mass is 682 g/mol. The molecule has 0 saturated heterocycles. The summed E-state index contributed by atoms with van der Waals surface area (Å²) < 4.78 is 2.38. The summed E-state index contributed by atoms with van der Waals surface area (Å²) in [5, 5.41) is 2.54. The van der Waals surface area contributed by atoms with Crippen LogP contribution in [0, 0.1) is 0 Å².